The number of hydrogen-bond acceptors (Lipinski definition) is 2. The molecule has 0 bridgehead atoms. The molecule has 1 atom stereocenters. The van der Waals surface area contributed by atoms with Gasteiger partial charge in [0, 0.05) is 0 Å². The van der Waals surface area contributed by atoms with Crippen molar-refractivity contribution in [3.05, 3.63) is 0 Å². The van der Waals surface area contributed by atoms with Crippen LogP contribution in [0.25, 0.3) is 0 Å². The first kappa shape index (κ1) is 14.6. The summed E-state index contributed by atoms with van der Waals surface area (Å²) < 4.78 is 37.6. The van der Waals surface area contributed by atoms with E-state index >= 15 is 0 Å². The Balaban J connectivity index is 2.54. The predicted octanol–water partition coefficient (Wildman–Crippen LogP) is 1.63. The van der Waals surface area contributed by atoms with Crippen molar-refractivity contribution in [2.45, 2.75) is 50.4 Å². The summed E-state index contributed by atoms with van der Waals surface area (Å²) in [6, 6.07) is -2.26. The lowest BCUT2D eigenvalue weighted by Crippen LogP contribution is -2.54. The van der Waals surface area contributed by atoms with Crippen LogP contribution in [0.1, 0.15) is 32.6 Å². The number of alkyl halides is 3. The maximum absolute atomic E-state index is 12.5. The average Bonchev–Trinajstić information content (AvgIpc) is 2.97. The number of carbonyl (C=O) groups excluding carboxylic acids is 1. The quantitative estimate of drug-likeness (QED) is 0.709. The Morgan fingerprint density at radius 3 is 2.28 bits per heavy atom. The molecule has 0 spiro atoms. The van der Waals surface area contributed by atoms with Gasteiger partial charge in [-0.1, -0.05) is 13.3 Å². The summed E-state index contributed by atoms with van der Waals surface area (Å²) in [4.78, 5) is 22.1. The maximum Gasteiger partial charge on any atom is 0.411 e. The second-order valence-corrected chi connectivity index (χ2v) is 4.36. The van der Waals surface area contributed by atoms with Crippen molar-refractivity contribution in [2.24, 2.45) is 0 Å². The monoisotopic (exact) mass is 268 g/mol. The fourth-order valence-corrected chi connectivity index (χ4v) is 1.56. The molecule has 2 amide bonds. The van der Waals surface area contributed by atoms with E-state index in [2.05, 4.69) is 0 Å². The molecule has 0 aromatic rings. The highest BCUT2D eigenvalue weighted by Crippen LogP contribution is 2.48. The number of aliphatic carboxylic acids is 1. The van der Waals surface area contributed by atoms with Crippen LogP contribution < -0.4 is 10.6 Å². The van der Waals surface area contributed by atoms with Gasteiger partial charge in [0.25, 0.3) is 0 Å². The van der Waals surface area contributed by atoms with Gasteiger partial charge in [-0.05, 0) is 19.3 Å². The number of hydrogen-bond donors (Lipinski definition) is 3. The molecule has 1 rings (SSSR count). The molecular formula is C10H15F3N2O3. The van der Waals surface area contributed by atoms with E-state index in [1.54, 1.807) is 6.92 Å². The van der Waals surface area contributed by atoms with E-state index in [0.717, 1.165) is 0 Å². The molecule has 1 fully saturated rings. The lowest BCUT2D eigenvalue weighted by atomic mass is 10.2. The molecule has 3 N–H and O–H groups in total. The highest BCUT2D eigenvalue weighted by atomic mass is 19.4. The van der Waals surface area contributed by atoms with Crippen LogP contribution >= 0.6 is 0 Å². The van der Waals surface area contributed by atoms with Crippen LogP contribution in [0.4, 0.5) is 18.0 Å². The highest BCUT2D eigenvalue weighted by molar-refractivity contribution is 5.83. The Labute approximate surface area is 102 Å². The number of rotatable bonds is 5. The third-order valence-electron chi connectivity index (χ3n) is 2.83. The van der Waals surface area contributed by atoms with Gasteiger partial charge in [0.15, 0.2) is 0 Å². The molecule has 104 valence electrons. The number of carboxylic acids is 1. The van der Waals surface area contributed by atoms with Crippen molar-refractivity contribution >= 4 is 12.0 Å². The van der Waals surface area contributed by atoms with Crippen LogP contribution in [-0.4, -0.2) is 34.9 Å². The molecule has 5 nitrogen and oxygen atoms in total. The van der Waals surface area contributed by atoms with E-state index in [9.17, 15) is 22.8 Å². The summed E-state index contributed by atoms with van der Waals surface area (Å²) in [5.74, 6) is -1.26. The molecule has 1 saturated carbocycles. The number of amides is 2. The van der Waals surface area contributed by atoms with E-state index < -0.39 is 29.8 Å². The minimum atomic E-state index is -4.51. The highest BCUT2D eigenvalue weighted by Gasteiger charge is 2.64. The van der Waals surface area contributed by atoms with Crippen molar-refractivity contribution in [1.82, 2.24) is 10.6 Å². The number of urea groups is 1. The molecule has 0 aromatic heterocycles. The van der Waals surface area contributed by atoms with E-state index in [-0.39, 0.29) is 19.3 Å². The zero-order chi connectivity index (χ0) is 14.0. The summed E-state index contributed by atoms with van der Waals surface area (Å²) in [6.45, 7) is 1.72. The van der Waals surface area contributed by atoms with Crippen molar-refractivity contribution in [3.8, 4) is 0 Å². The first-order chi connectivity index (χ1) is 8.22. The van der Waals surface area contributed by atoms with Crippen LogP contribution in [0.3, 0.4) is 0 Å². The van der Waals surface area contributed by atoms with Crippen molar-refractivity contribution in [2.75, 3.05) is 0 Å². The Bertz CT molecular complexity index is 340. The fraction of sp³-hybridized carbons (Fsp3) is 0.800. The first-order valence-electron chi connectivity index (χ1n) is 5.60. The van der Waals surface area contributed by atoms with Crippen LogP contribution in [0, 0.1) is 0 Å². The lowest BCUT2D eigenvalue weighted by molar-refractivity contribution is -0.162. The summed E-state index contributed by atoms with van der Waals surface area (Å²) >= 11 is 0. The van der Waals surface area contributed by atoms with Gasteiger partial charge in [0.05, 0.1) is 0 Å². The normalized spacial score (nSPS) is 18.9. The second-order valence-electron chi connectivity index (χ2n) is 4.36. The van der Waals surface area contributed by atoms with Crippen LogP contribution in [0.5, 0.6) is 0 Å². The maximum atomic E-state index is 12.5. The number of carboxylic acid groups (broad SMARTS) is 1. The van der Waals surface area contributed by atoms with Gasteiger partial charge < -0.3 is 15.7 Å². The Morgan fingerprint density at radius 2 is 1.94 bits per heavy atom. The van der Waals surface area contributed by atoms with Gasteiger partial charge in [-0.15, -0.1) is 0 Å². The molecule has 0 heterocycles. The summed E-state index contributed by atoms with van der Waals surface area (Å²) in [5.41, 5.74) is -2.17. The summed E-state index contributed by atoms with van der Waals surface area (Å²) in [5, 5.41) is 12.6. The van der Waals surface area contributed by atoms with Gasteiger partial charge in [-0.3, -0.25) is 0 Å². The van der Waals surface area contributed by atoms with E-state index in [0.29, 0.717) is 6.42 Å². The lowest BCUT2D eigenvalue weighted by Gasteiger charge is -2.22. The molecule has 0 unspecified atom stereocenters. The van der Waals surface area contributed by atoms with E-state index in [1.165, 1.54) is 0 Å². The molecule has 1 aliphatic carbocycles. The first-order valence-corrected chi connectivity index (χ1v) is 5.60. The van der Waals surface area contributed by atoms with Gasteiger partial charge in [-0.2, -0.15) is 13.2 Å². The Hall–Kier alpha value is -1.47. The zero-order valence-electron chi connectivity index (χ0n) is 9.80. The minimum absolute atomic E-state index is 0.168. The van der Waals surface area contributed by atoms with Crippen molar-refractivity contribution in [1.29, 1.82) is 0 Å². The Kier molecular flexibility index (Phi) is 4.08. The molecule has 0 aromatic carbocycles. The van der Waals surface area contributed by atoms with Gasteiger partial charge >= 0.3 is 18.2 Å². The van der Waals surface area contributed by atoms with Crippen LogP contribution in [0.2, 0.25) is 0 Å². The standard InChI is InChI=1S/C10H15F3N2O3/c1-2-3-6(7(16)17)14-8(18)15-9(4-5-9)10(11,12)13/h6H,2-5H2,1H3,(H,16,17)(H2,14,15,18)/t6-/m1/s1. The predicted molar refractivity (Wildman–Crippen MR) is 56.0 cm³/mol. The average molecular weight is 268 g/mol. The van der Waals surface area contributed by atoms with Crippen LogP contribution in [-0.2, 0) is 4.79 Å². The molecule has 1 aliphatic rings. The van der Waals surface area contributed by atoms with Crippen LogP contribution in [0.15, 0.2) is 0 Å². The van der Waals surface area contributed by atoms with Gasteiger partial charge in [-0.25, -0.2) is 9.59 Å². The van der Waals surface area contributed by atoms with E-state index in [1.807, 2.05) is 10.6 Å². The fourth-order valence-electron chi connectivity index (χ4n) is 1.56. The van der Waals surface area contributed by atoms with Gasteiger partial charge in [0.2, 0.25) is 0 Å². The molecule has 0 radical (unpaired) electrons. The van der Waals surface area contributed by atoms with Crippen molar-refractivity contribution < 1.29 is 27.9 Å². The summed E-state index contributed by atoms with van der Waals surface area (Å²) in [7, 11) is 0. The largest absolute Gasteiger partial charge is 0.480 e. The SMILES string of the molecule is CCC[C@@H](NC(=O)NC1(C(F)(F)F)CC1)C(=O)O. The molecule has 18 heavy (non-hydrogen) atoms. The third kappa shape index (κ3) is 3.27. The molecule has 0 aliphatic heterocycles. The zero-order valence-corrected chi connectivity index (χ0v) is 9.80. The third-order valence-corrected chi connectivity index (χ3v) is 2.83. The smallest absolute Gasteiger partial charge is 0.411 e. The van der Waals surface area contributed by atoms with E-state index in [4.69, 9.17) is 5.11 Å². The topological polar surface area (TPSA) is 78.4 Å². The molecular weight excluding hydrogens is 253 g/mol. The number of nitrogens with one attached hydrogen (secondary N) is 2. The molecule has 8 heteroatoms. The summed E-state index contributed by atoms with van der Waals surface area (Å²) in [6.07, 6.45) is -4.18. The number of carbonyl (C=O) groups is 2. The van der Waals surface area contributed by atoms with Gasteiger partial charge in [0.1, 0.15) is 11.6 Å². The minimum Gasteiger partial charge on any atom is -0.480 e. The molecule has 0 saturated heterocycles. The number of halogens is 3. The van der Waals surface area contributed by atoms with Crippen molar-refractivity contribution in [3.63, 3.8) is 0 Å². The second kappa shape index (κ2) is 5.03. The Morgan fingerprint density at radius 1 is 1.39 bits per heavy atom.